The smallest absolute Gasteiger partial charge is 0.131 e. The maximum absolute atomic E-state index is 11.0. The number of hydrogen-bond acceptors (Lipinski definition) is 2. The van der Waals surface area contributed by atoms with Crippen molar-refractivity contribution in [2.75, 3.05) is 0 Å². The van der Waals surface area contributed by atoms with Gasteiger partial charge >= 0.3 is 0 Å². The molecule has 0 amide bonds. The highest BCUT2D eigenvalue weighted by Crippen LogP contribution is 2.38. The van der Waals surface area contributed by atoms with Gasteiger partial charge < -0.3 is 0 Å². The van der Waals surface area contributed by atoms with Crippen molar-refractivity contribution in [3.05, 3.63) is 0 Å². The minimum absolute atomic E-state index is 0.128. The Morgan fingerprint density at radius 1 is 1.62 bits per heavy atom. The molecule has 0 heterocycles. The quantitative estimate of drug-likeness (QED) is 0.665. The molecule has 0 N–H and O–H groups in total. The average Bonchev–Trinajstić information content (AvgIpc) is 1.96. The summed E-state index contributed by atoms with van der Waals surface area (Å²) in [7, 11) is 0. The highest BCUT2D eigenvalue weighted by Gasteiger charge is 2.31. The second-order valence-electron chi connectivity index (χ2n) is 4.55. The molecule has 1 aliphatic rings. The van der Waals surface area contributed by atoms with Gasteiger partial charge in [-0.2, -0.15) is 5.26 Å². The predicted molar refractivity (Wildman–Crippen MR) is 51.0 cm³/mol. The molecule has 2 nitrogen and oxygen atoms in total. The second-order valence-corrected chi connectivity index (χ2v) is 4.55. The van der Waals surface area contributed by atoms with E-state index in [4.69, 9.17) is 5.26 Å². The van der Waals surface area contributed by atoms with Crippen molar-refractivity contribution in [1.82, 2.24) is 0 Å². The Labute approximate surface area is 79.9 Å². The Morgan fingerprint density at radius 3 is 2.54 bits per heavy atom. The first-order chi connectivity index (χ1) is 6.06. The number of carbonyl (C=O) groups is 1. The van der Waals surface area contributed by atoms with Crippen molar-refractivity contribution in [2.24, 2.45) is 11.3 Å². The summed E-state index contributed by atoms with van der Waals surface area (Å²) in [6.07, 6.45) is 5.11. The predicted octanol–water partition coefficient (Wildman–Crippen LogP) is 2.69. The zero-order chi connectivity index (χ0) is 9.90. The van der Waals surface area contributed by atoms with Gasteiger partial charge in [0, 0.05) is 6.42 Å². The lowest BCUT2D eigenvalue weighted by molar-refractivity contribution is -0.118. The standard InChI is InChI=1S/C11H17NO/c1-9(13)6-11(2,8-12)7-10-4-3-5-10/h10H,3-7H2,1-2H3. The molecule has 0 aliphatic heterocycles. The van der Waals surface area contributed by atoms with Gasteiger partial charge in [-0.15, -0.1) is 0 Å². The van der Waals surface area contributed by atoms with E-state index in [1.807, 2.05) is 6.92 Å². The van der Waals surface area contributed by atoms with Crippen LogP contribution < -0.4 is 0 Å². The zero-order valence-electron chi connectivity index (χ0n) is 8.47. The maximum Gasteiger partial charge on any atom is 0.131 e. The van der Waals surface area contributed by atoms with Gasteiger partial charge in [0.2, 0.25) is 0 Å². The van der Waals surface area contributed by atoms with E-state index in [0.717, 1.165) is 6.42 Å². The van der Waals surface area contributed by atoms with Crippen LogP contribution in [0.5, 0.6) is 0 Å². The molecule has 1 rings (SSSR count). The fraction of sp³-hybridized carbons (Fsp3) is 0.818. The molecule has 1 saturated carbocycles. The first kappa shape index (κ1) is 10.2. The van der Waals surface area contributed by atoms with E-state index in [1.54, 1.807) is 6.92 Å². The van der Waals surface area contributed by atoms with E-state index in [1.165, 1.54) is 19.3 Å². The van der Waals surface area contributed by atoms with Crippen LogP contribution in [0.15, 0.2) is 0 Å². The van der Waals surface area contributed by atoms with Gasteiger partial charge in [0.05, 0.1) is 11.5 Å². The van der Waals surface area contributed by atoms with Gasteiger partial charge in [-0.1, -0.05) is 19.3 Å². The van der Waals surface area contributed by atoms with Crippen LogP contribution in [0, 0.1) is 22.7 Å². The third-order valence-corrected chi connectivity index (χ3v) is 2.87. The van der Waals surface area contributed by atoms with Crippen LogP contribution >= 0.6 is 0 Å². The van der Waals surface area contributed by atoms with Crippen molar-refractivity contribution >= 4 is 5.78 Å². The number of nitriles is 1. The molecule has 0 aromatic heterocycles. The lowest BCUT2D eigenvalue weighted by atomic mass is 9.71. The Hall–Kier alpha value is -0.840. The Bertz CT molecular complexity index is 237. The molecule has 1 unspecified atom stereocenters. The number of hydrogen-bond donors (Lipinski definition) is 0. The molecule has 72 valence electrons. The molecular weight excluding hydrogens is 162 g/mol. The fourth-order valence-corrected chi connectivity index (χ4v) is 2.04. The lowest BCUT2D eigenvalue weighted by Gasteiger charge is -2.32. The van der Waals surface area contributed by atoms with Gasteiger partial charge in [0.25, 0.3) is 0 Å². The molecule has 1 atom stereocenters. The summed E-state index contributed by atoms with van der Waals surface area (Å²) in [5, 5.41) is 9.00. The van der Waals surface area contributed by atoms with E-state index in [-0.39, 0.29) is 5.78 Å². The van der Waals surface area contributed by atoms with Crippen molar-refractivity contribution < 1.29 is 4.79 Å². The summed E-state index contributed by atoms with van der Waals surface area (Å²) >= 11 is 0. The molecule has 0 spiro atoms. The SMILES string of the molecule is CC(=O)CC(C)(C#N)CC1CCC1. The summed E-state index contributed by atoms with van der Waals surface area (Å²) in [6.45, 7) is 3.48. The molecule has 0 aromatic carbocycles. The van der Waals surface area contributed by atoms with E-state index < -0.39 is 5.41 Å². The van der Waals surface area contributed by atoms with Crippen LogP contribution in [-0.2, 0) is 4.79 Å². The van der Waals surface area contributed by atoms with Crippen LogP contribution in [0.25, 0.3) is 0 Å². The van der Waals surface area contributed by atoms with Crippen molar-refractivity contribution in [3.8, 4) is 6.07 Å². The highest BCUT2D eigenvalue weighted by molar-refractivity contribution is 5.76. The van der Waals surface area contributed by atoms with E-state index in [2.05, 4.69) is 6.07 Å². The van der Waals surface area contributed by atoms with E-state index in [0.29, 0.717) is 12.3 Å². The van der Waals surface area contributed by atoms with Gasteiger partial charge in [-0.25, -0.2) is 0 Å². The molecule has 0 bridgehead atoms. The fourth-order valence-electron chi connectivity index (χ4n) is 2.04. The van der Waals surface area contributed by atoms with Crippen molar-refractivity contribution in [1.29, 1.82) is 5.26 Å². The van der Waals surface area contributed by atoms with Crippen LogP contribution in [0.2, 0.25) is 0 Å². The summed E-state index contributed by atoms with van der Waals surface area (Å²) in [4.78, 5) is 11.0. The second kappa shape index (κ2) is 3.91. The summed E-state index contributed by atoms with van der Waals surface area (Å²) in [6, 6.07) is 2.29. The number of carbonyl (C=O) groups excluding carboxylic acids is 1. The Balaban J connectivity index is 2.47. The molecule has 1 fully saturated rings. The topological polar surface area (TPSA) is 40.9 Å². The monoisotopic (exact) mass is 179 g/mol. The number of Topliss-reactive ketones (excluding diaryl/α,β-unsaturated/α-hetero) is 1. The first-order valence-corrected chi connectivity index (χ1v) is 4.96. The number of nitrogens with zero attached hydrogens (tertiary/aromatic N) is 1. The van der Waals surface area contributed by atoms with Crippen molar-refractivity contribution in [2.45, 2.75) is 46.0 Å². The van der Waals surface area contributed by atoms with Crippen LogP contribution in [-0.4, -0.2) is 5.78 Å². The molecule has 0 saturated heterocycles. The normalized spacial score (nSPS) is 21.3. The molecule has 2 heteroatoms. The van der Waals surface area contributed by atoms with Gasteiger partial charge in [-0.3, -0.25) is 4.79 Å². The molecule has 1 aliphatic carbocycles. The van der Waals surface area contributed by atoms with Crippen LogP contribution in [0.1, 0.15) is 46.0 Å². The van der Waals surface area contributed by atoms with Crippen molar-refractivity contribution in [3.63, 3.8) is 0 Å². The summed E-state index contributed by atoms with van der Waals surface area (Å²) < 4.78 is 0. The van der Waals surface area contributed by atoms with Crippen LogP contribution in [0.3, 0.4) is 0 Å². The summed E-state index contributed by atoms with van der Waals surface area (Å²) in [5.41, 5.74) is -0.406. The number of rotatable bonds is 4. The third-order valence-electron chi connectivity index (χ3n) is 2.87. The van der Waals surface area contributed by atoms with Gasteiger partial charge in [-0.05, 0) is 26.2 Å². The molecule has 0 aromatic rings. The van der Waals surface area contributed by atoms with Crippen LogP contribution in [0.4, 0.5) is 0 Å². The minimum Gasteiger partial charge on any atom is -0.300 e. The largest absolute Gasteiger partial charge is 0.300 e. The lowest BCUT2D eigenvalue weighted by Crippen LogP contribution is -2.25. The minimum atomic E-state index is -0.406. The summed E-state index contributed by atoms with van der Waals surface area (Å²) in [5.74, 6) is 0.826. The average molecular weight is 179 g/mol. The number of ketones is 1. The van der Waals surface area contributed by atoms with Gasteiger partial charge in [0.1, 0.15) is 5.78 Å². The Morgan fingerprint density at radius 2 is 2.23 bits per heavy atom. The Kier molecular flexibility index (Phi) is 3.08. The van der Waals surface area contributed by atoms with Gasteiger partial charge in [0.15, 0.2) is 0 Å². The zero-order valence-corrected chi connectivity index (χ0v) is 8.47. The van der Waals surface area contributed by atoms with E-state index in [9.17, 15) is 4.79 Å². The molecular formula is C11H17NO. The third kappa shape index (κ3) is 2.84. The highest BCUT2D eigenvalue weighted by atomic mass is 16.1. The molecule has 13 heavy (non-hydrogen) atoms. The first-order valence-electron chi connectivity index (χ1n) is 4.96. The maximum atomic E-state index is 11.0. The molecule has 0 radical (unpaired) electrons. The van der Waals surface area contributed by atoms with E-state index >= 15 is 0 Å².